The zero-order valence-electron chi connectivity index (χ0n) is 15.8. The summed E-state index contributed by atoms with van der Waals surface area (Å²) in [6, 6.07) is 13.1. The first-order valence-electron chi connectivity index (χ1n) is 8.68. The highest BCUT2D eigenvalue weighted by Crippen LogP contribution is 2.33. The Morgan fingerprint density at radius 2 is 2.00 bits per heavy atom. The number of ether oxygens (including phenoxy) is 1. The summed E-state index contributed by atoms with van der Waals surface area (Å²) in [5, 5.41) is 11.5. The van der Waals surface area contributed by atoms with E-state index in [1.165, 1.54) is 28.8 Å². The van der Waals surface area contributed by atoms with Crippen LogP contribution in [0.3, 0.4) is 0 Å². The number of nitrogens with one attached hydrogen (secondary N) is 1. The molecule has 0 radical (unpaired) electrons. The number of aromatic carboxylic acids is 1. The van der Waals surface area contributed by atoms with Gasteiger partial charge in [0.25, 0.3) is 0 Å². The van der Waals surface area contributed by atoms with Gasteiger partial charge in [-0.2, -0.15) is 0 Å². The summed E-state index contributed by atoms with van der Waals surface area (Å²) in [7, 11) is 3.15. The lowest BCUT2D eigenvalue weighted by atomic mass is 10.2. The van der Waals surface area contributed by atoms with Gasteiger partial charge in [0.05, 0.1) is 12.7 Å². The summed E-state index contributed by atoms with van der Waals surface area (Å²) in [5.41, 5.74) is 1.02. The van der Waals surface area contributed by atoms with E-state index in [2.05, 4.69) is 10.3 Å². The minimum absolute atomic E-state index is 0.0594. The van der Waals surface area contributed by atoms with Crippen LogP contribution in [0.5, 0.6) is 5.75 Å². The number of nitrogens with zero attached hydrogens (tertiary/aromatic N) is 2. The third-order valence-electron chi connectivity index (χ3n) is 4.21. The molecule has 2 aromatic rings. The molecule has 29 heavy (non-hydrogen) atoms. The highest BCUT2D eigenvalue weighted by atomic mass is 32.2. The molecule has 0 spiro atoms. The molecule has 2 aromatic carbocycles. The van der Waals surface area contributed by atoms with Crippen molar-refractivity contribution in [1.82, 2.24) is 4.90 Å². The van der Waals surface area contributed by atoms with Gasteiger partial charge in [-0.1, -0.05) is 30.0 Å². The fraction of sp³-hybridized carbons (Fsp3) is 0.200. The second-order valence-electron chi connectivity index (χ2n) is 6.21. The van der Waals surface area contributed by atoms with Crippen LogP contribution in [0.2, 0.25) is 0 Å². The number of anilines is 1. The second-order valence-corrected chi connectivity index (χ2v) is 7.38. The van der Waals surface area contributed by atoms with Gasteiger partial charge in [0.15, 0.2) is 5.17 Å². The van der Waals surface area contributed by atoms with E-state index in [0.717, 1.165) is 0 Å². The molecule has 3 rings (SSSR count). The number of methoxy groups -OCH3 is 1. The lowest BCUT2D eigenvalue weighted by Gasteiger charge is -2.10. The Morgan fingerprint density at radius 3 is 2.72 bits per heavy atom. The molecule has 0 bridgehead atoms. The molecule has 9 heteroatoms. The molecule has 1 saturated heterocycles. The van der Waals surface area contributed by atoms with Crippen molar-refractivity contribution in [2.24, 2.45) is 4.99 Å². The summed E-state index contributed by atoms with van der Waals surface area (Å²) in [6.07, 6.45) is -0.0594. The summed E-state index contributed by atoms with van der Waals surface area (Å²) in [5.74, 6) is -1.11. The van der Waals surface area contributed by atoms with Gasteiger partial charge >= 0.3 is 5.97 Å². The second kappa shape index (κ2) is 8.78. The number of para-hydroxylation sites is 2. The molecule has 0 saturated carbocycles. The van der Waals surface area contributed by atoms with E-state index in [-0.39, 0.29) is 23.8 Å². The van der Waals surface area contributed by atoms with Gasteiger partial charge < -0.3 is 15.2 Å². The maximum Gasteiger partial charge on any atom is 0.335 e. The van der Waals surface area contributed by atoms with E-state index in [1.807, 2.05) is 12.1 Å². The van der Waals surface area contributed by atoms with Crippen molar-refractivity contribution >= 4 is 46.1 Å². The number of amides is 2. The van der Waals surface area contributed by atoms with Crippen LogP contribution in [-0.4, -0.2) is 52.4 Å². The van der Waals surface area contributed by atoms with Crippen molar-refractivity contribution in [3.63, 3.8) is 0 Å². The Balaban J connectivity index is 1.70. The van der Waals surface area contributed by atoms with Gasteiger partial charge in [0.2, 0.25) is 11.8 Å². The molecular formula is C20H19N3O5S. The molecule has 1 fully saturated rings. The molecule has 1 atom stereocenters. The van der Waals surface area contributed by atoms with Crippen LogP contribution in [0.15, 0.2) is 53.5 Å². The molecule has 0 aromatic heterocycles. The van der Waals surface area contributed by atoms with Crippen LogP contribution in [0.1, 0.15) is 16.8 Å². The minimum Gasteiger partial charge on any atom is -0.494 e. The molecule has 8 nitrogen and oxygen atoms in total. The monoisotopic (exact) mass is 413 g/mol. The summed E-state index contributed by atoms with van der Waals surface area (Å²) in [4.78, 5) is 41.8. The lowest BCUT2D eigenvalue weighted by Crippen LogP contribution is -2.30. The molecule has 0 unspecified atom stereocenters. The average Bonchev–Trinajstić information content (AvgIpc) is 2.96. The third-order valence-corrected chi connectivity index (χ3v) is 5.43. The topological polar surface area (TPSA) is 108 Å². The number of hydrogen-bond acceptors (Lipinski definition) is 6. The quantitative estimate of drug-likeness (QED) is 0.754. The van der Waals surface area contributed by atoms with Crippen LogP contribution in [0, 0.1) is 0 Å². The summed E-state index contributed by atoms with van der Waals surface area (Å²) >= 11 is 1.20. The van der Waals surface area contributed by atoms with Crippen LogP contribution in [0.4, 0.5) is 11.4 Å². The Morgan fingerprint density at radius 1 is 1.24 bits per heavy atom. The zero-order chi connectivity index (χ0) is 21.0. The first-order chi connectivity index (χ1) is 13.9. The summed E-state index contributed by atoms with van der Waals surface area (Å²) < 4.78 is 5.28. The Hall–Kier alpha value is -3.33. The molecule has 1 aliphatic heterocycles. The van der Waals surface area contributed by atoms with Crippen molar-refractivity contribution in [2.45, 2.75) is 11.7 Å². The van der Waals surface area contributed by atoms with Gasteiger partial charge in [-0.05, 0) is 30.3 Å². The van der Waals surface area contributed by atoms with E-state index in [9.17, 15) is 14.4 Å². The Bertz CT molecular complexity index is 992. The lowest BCUT2D eigenvalue weighted by molar-refractivity contribution is -0.127. The number of carboxylic acid groups (broad SMARTS) is 1. The van der Waals surface area contributed by atoms with E-state index >= 15 is 0 Å². The number of carboxylic acids is 1. The molecule has 1 heterocycles. The predicted molar refractivity (Wildman–Crippen MR) is 111 cm³/mol. The maximum atomic E-state index is 12.5. The smallest absolute Gasteiger partial charge is 0.335 e. The van der Waals surface area contributed by atoms with E-state index in [1.54, 1.807) is 38.4 Å². The fourth-order valence-corrected chi connectivity index (χ4v) is 3.88. The van der Waals surface area contributed by atoms with Gasteiger partial charge in [0.1, 0.15) is 16.7 Å². The Labute approximate surface area is 171 Å². The number of amidine groups is 1. The van der Waals surface area contributed by atoms with Crippen molar-refractivity contribution in [2.75, 3.05) is 19.5 Å². The van der Waals surface area contributed by atoms with E-state index in [0.29, 0.717) is 22.3 Å². The fourth-order valence-electron chi connectivity index (χ4n) is 2.73. The van der Waals surface area contributed by atoms with Gasteiger partial charge in [-0.15, -0.1) is 0 Å². The first kappa shape index (κ1) is 20.4. The number of aliphatic imine (C=N–C) groups is 1. The number of carbonyl (C=O) groups excluding carboxylic acids is 2. The van der Waals surface area contributed by atoms with Gasteiger partial charge in [-0.25, -0.2) is 9.79 Å². The summed E-state index contributed by atoms with van der Waals surface area (Å²) in [6.45, 7) is 0. The zero-order valence-corrected chi connectivity index (χ0v) is 16.6. The minimum atomic E-state index is -1.08. The van der Waals surface area contributed by atoms with Crippen LogP contribution in [-0.2, 0) is 9.59 Å². The van der Waals surface area contributed by atoms with Crippen LogP contribution < -0.4 is 10.1 Å². The highest BCUT2D eigenvalue weighted by Gasteiger charge is 2.37. The highest BCUT2D eigenvalue weighted by molar-refractivity contribution is 8.15. The number of benzene rings is 2. The largest absolute Gasteiger partial charge is 0.494 e. The third kappa shape index (κ3) is 4.75. The average molecular weight is 413 g/mol. The van der Waals surface area contributed by atoms with Crippen LogP contribution in [0.25, 0.3) is 0 Å². The molecule has 150 valence electrons. The van der Waals surface area contributed by atoms with Crippen LogP contribution >= 0.6 is 11.8 Å². The number of carbonyl (C=O) groups is 3. The molecule has 1 aliphatic rings. The molecule has 2 amide bonds. The van der Waals surface area contributed by atoms with Crippen molar-refractivity contribution < 1.29 is 24.2 Å². The van der Waals surface area contributed by atoms with E-state index < -0.39 is 11.2 Å². The number of hydrogen-bond donors (Lipinski definition) is 2. The van der Waals surface area contributed by atoms with Gasteiger partial charge in [-0.3, -0.25) is 14.5 Å². The Kier molecular flexibility index (Phi) is 6.18. The maximum absolute atomic E-state index is 12.5. The SMILES string of the molecule is COc1ccccc1N=C1S[C@H](CC(=O)Nc2cccc(C(=O)O)c2)C(=O)N1C. The number of rotatable bonds is 6. The van der Waals surface area contributed by atoms with Crippen molar-refractivity contribution in [3.05, 3.63) is 54.1 Å². The van der Waals surface area contributed by atoms with Gasteiger partial charge in [0, 0.05) is 19.2 Å². The van der Waals surface area contributed by atoms with Crippen molar-refractivity contribution in [1.29, 1.82) is 0 Å². The molecule has 0 aliphatic carbocycles. The molecular weight excluding hydrogens is 394 g/mol. The molecule has 2 N–H and O–H groups in total. The predicted octanol–water partition coefficient (Wildman–Crippen LogP) is 2.98. The standard InChI is InChI=1S/C20H19N3O5S/c1-23-18(25)16(29-20(23)22-14-8-3-4-9-15(14)28-2)11-17(24)21-13-7-5-6-12(10-13)19(26)27/h3-10,16H,11H2,1-2H3,(H,21,24)(H,26,27)/t16-/m1/s1. The normalized spacial score (nSPS) is 17.4. The number of thioether (sulfide) groups is 1. The first-order valence-corrected chi connectivity index (χ1v) is 9.56. The van der Waals surface area contributed by atoms with Crippen molar-refractivity contribution in [3.8, 4) is 5.75 Å². The van der Waals surface area contributed by atoms with E-state index in [4.69, 9.17) is 9.84 Å².